The molecule has 1 saturated carbocycles. The second-order valence-electron chi connectivity index (χ2n) is 8.98. The molecule has 2 amide bonds. The second-order valence-corrected chi connectivity index (χ2v) is 10.8. The predicted molar refractivity (Wildman–Crippen MR) is 126 cm³/mol. The first-order valence-electron chi connectivity index (χ1n) is 11.1. The number of carbonyl (C=O) groups is 3. The van der Waals surface area contributed by atoms with Gasteiger partial charge in [0.2, 0.25) is 15.9 Å². The zero-order valence-corrected chi connectivity index (χ0v) is 20.7. The lowest BCUT2D eigenvalue weighted by molar-refractivity contribution is -0.122. The van der Waals surface area contributed by atoms with E-state index < -0.39 is 33.8 Å². The molecule has 1 heterocycles. The Hall–Kier alpha value is -3.04. The third-order valence-electron chi connectivity index (χ3n) is 6.72. The van der Waals surface area contributed by atoms with Crippen molar-refractivity contribution in [3.63, 3.8) is 0 Å². The van der Waals surface area contributed by atoms with Crippen LogP contribution in [0.3, 0.4) is 0 Å². The van der Waals surface area contributed by atoms with Gasteiger partial charge in [-0.15, -0.1) is 0 Å². The maximum absolute atomic E-state index is 14.0. The molecule has 0 spiro atoms. The molecule has 1 aliphatic carbocycles. The number of hydrogen-bond donors (Lipinski definition) is 0. The summed E-state index contributed by atoms with van der Waals surface area (Å²) in [6, 6.07) is 6.43. The van der Waals surface area contributed by atoms with Crippen molar-refractivity contribution in [2.24, 2.45) is 0 Å². The average molecular weight is 485 g/mol. The van der Waals surface area contributed by atoms with Crippen LogP contribution < -0.4 is 4.90 Å². The van der Waals surface area contributed by atoms with Gasteiger partial charge in [-0.25, -0.2) is 18.1 Å². The highest BCUT2D eigenvalue weighted by atomic mass is 32.2. The average Bonchev–Trinajstić information content (AvgIpc) is 3.57. The molecule has 0 aromatic heterocycles. The van der Waals surface area contributed by atoms with Gasteiger partial charge in [0.1, 0.15) is 6.04 Å². The third kappa shape index (κ3) is 3.92. The number of esters is 1. The van der Waals surface area contributed by atoms with E-state index in [2.05, 4.69) is 4.74 Å². The van der Waals surface area contributed by atoms with Crippen LogP contribution in [-0.4, -0.2) is 49.7 Å². The number of ether oxygens (including phenoxy) is 1. The molecule has 1 unspecified atom stereocenters. The number of aryl methyl sites for hydroxylation is 2. The van der Waals surface area contributed by atoms with Crippen molar-refractivity contribution in [2.45, 2.75) is 63.9 Å². The molecule has 8 nitrogen and oxygen atoms in total. The van der Waals surface area contributed by atoms with Gasteiger partial charge in [-0.2, -0.15) is 4.31 Å². The van der Waals surface area contributed by atoms with E-state index in [0.717, 1.165) is 16.0 Å². The van der Waals surface area contributed by atoms with Gasteiger partial charge in [-0.3, -0.25) is 9.59 Å². The number of nitrogens with zero attached hydrogens (tertiary/aromatic N) is 2. The molecule has 1 aliphatic heterocycles. The zero-order chi connectivity index (χ0) is 24.9. The number of sulfonamides is 1. The Labute approximate surface area is 199 Å². The van der Waals surface area contributed by atoms with E-state index >= 15 is 0 Å². The van der Waals surface area contributed by atoms with Crippen molar-refractivity contribution in [1.29, 1.82) is 0 Å². The van der Waals surface area contributed by atoms with Crippen LogP contribution in [0.2, 0.25) is 0 Å². The van der Waals surface area contributed by atoms with Gasteiger partial charge in [0.15, 0.2) is 0 Å². The minimum absolute atomic E-state index is 0.220. The Morgan fingerprint density at radius 2 is 1.56 bits per heavy atom. The normalized spacial score (nSPS) is 18.6. The number of imide groups is 1. The van der Waals surface area contributed by atoms with Crippen LogP contribution in [-0.2, 0) is 24.3 Å². The molecule has 34 heavy (non-hydrogen) atoms. The SMILES string of the molecule is COC(=O)c1ccc(N2C(=O)CC(N(C3CC3)S(=O)(=O)c3c(C)c(C)cc(C)c3C)C2=O)cc1. The molecule has 0 bridgehead atoms. The lowest BCUT2D eigenvalue weighted by atomic mass is 10.0. The molecule has 1 atom stereocenters. The van der Waals surface area contributed by atoms with Gasteiger partial charge in [0.25, 0.3) is 5.91 Å². The van der Waals surface area contributed by atoms with Crippen molar-refractivity contribution in [2.75, 3.05) is 12.0 Å². The van der Waals surface area contributed by atoms with Crippen LogP contribution in [0.5, 0.6) is 0 Å². The van der Waals surface area contributed by atoms with Gasteiger partial charge in [-0.1, -0.05) is 6.07 Å². The number of rotatable bonds is 6. The van der Waals surface area contributed by atoms with E-state index in [4.69, 9.17) is 0 Å². The summed E-state index contributed by atoms with van der Waals surface area (Å²) in [6.45, 7) is 7.28. The summed E-state index contributed by atoms with van der Waals surface area (Å²) in [5.41, 5.74) is 3.60. The molecule has 2 aromatic carbocycles. The number of amides is 2. The summed E-state index contributed by atoms with van der Waals surface area (Å²) in [5, 5.41) is 0. The summed E-state index contributed by atoms with van der Waals surface area (Å²) in [5.74, 6) is -1.59. The van der Waals surface area contributed by atoms with Gasteiger partial charge >= 0.3 is 5.97 Å². The first-order valence-corrected chi connectivity index (χ1v) is 12.6. The summed E-state index contributed by atoms with van der Waals surface area (Å²) in [6.07, 6.45) is 1.07. The molecule has 2 aromatic rings. The first-order chi connectivity index (χ1) is 16.0. The second kappa shape index (κ2) is 8.63. The fourth-order valence-corrected chi connectivity index (χ4v) is 6.98. The maximum atomic E-state index is 14.0. The minimum atomic E-state index is -4.04. The van der Waals surface area contributed by atoms with Crippen LogP contribution in [0.25, 0.3) is 0 Å². The van der Waals surface area contributed by atoms with E-state index in [1.807, 2.05) is 19.9 Å². The smallest absolute Gasteiger partial charge is 0.337 e. The van der Waals surface area contributed by atoms with Crippen LogP contribution in [0.4, 0.5) is 5.69 Å². The summed E-state index contributed by atoms with van der Waals surface area (Å²) in [7, 11) is -2.77. The molecule has 1 saturated heterocycles. The Bertz CT molecular complexity index is 1270. The summed E-state index contributed by atoms with van der Waals surface area (Å²) >= 11 is 0. The molecular weight excluding hydrogens is 456 g/mol. The summed E-state index contributed by atoms with van der Waals surface area (Å²) in [4.78, 5) is 39.3. The predicted octanol–water partition coefficient (Wildman–Crippen LogP) is 3.19. The molecule has 2 aliphatic rings. The highest BCUT2D eigenvalue weighted by Gasteiger charge is 2.52. The number of anilines is 1. The largest absolute Gasteiger partial charge is 0.465 e. The van der Waals surface area contributed by atoms with Crippen LogP contribution in [0.1, 0.15) is 51.9 Å². The fourth-order valence-electron chi connectivity index (χ4n) is 4.57. The van der Waals surface area contributed by atoms with E-state index in [-0.39, 0.29) is 28.6 Å². The number of hydrogen-bond acceptors (Lipinski definition) is 6. The number of methoxy groups -OCH3 is 1. The fraction of sp³-hybridized carbons (Fsp3) is 0.400. The molecule has 180 valence electrons. The zero-order valence-electron chi connectivity index (χ0n) is 19.9. The summed E-state index contributed by atoms with van der Waals surface area (Å²) < 4.78 is 33.9. The first kappa shape index (κ1) is 24.1. The van der Waals surface area contributed by atoms with E-state index in [9.17, 15) is 22.8 Å². The number of carbonyl (C=O) groups excluding carboxylic acids is 3. The van der Waals surface area contributed by atoms with Crippen LogP contribution in [0.15, 0.2) is 35.2 Å². The monoisotopic (exact) mass is 484 g/mol. The van der Waals surface area contributed by atoms with Gasteiger partial charge in [-0.05, 0) is 87.1 Å². The molecule has 0 N–H and O–H groups in total. The quantitative estimate of drug-likeness (QED) is 0.461. The minimum Gasteiger partial charge on any atom is -0.465 e. The third-order valence-corrected chi connectivity index (χ3v) is 8.95. The molecule has 4 rings (SSSR count). The van der Waals surface area contributed by atoms with Gasteiger partial charge in [0, 0.05) is 6.04 Å². The van der Waals surface area contributed by atoms with Gasteiger partial charge in [0.05, 0.1) is 29.7 Å². The van der Waals surface area contributed by atoms with E-state index in [0.29, 0.717) is 24.0 Å². The van der Waals surface area contributed by atoms with Crippen LogP contribution in [0, 0.1) is 27.7 Å². The standard InChI is InChI=1S/C25H28N2O6S/c1-14-12-15(2)17(4)23(16(14)3)34(31,32)27(20-10-11-20)21-13-22(28)26(24(21)29)19-8-6-18(7-9-19)25(30)33-5/h6-9,12,20-21H,10-11,13H2,1-5H3. The molecular formula is C25H28N2O6S. The Morgan fingerprint density at radius 1 is 1.00 bits per heavy atom. The highest BCUT2D eigenvalue weighted by Crippen LogP contribution is 2.40. The van der Waals surface area contributed by atoms with Crippen molar-refractivity contribution in [1.82, 2.24) is 4.31 Å². The molecule has 2 fully saturated rings. The van der Waals surface area contributed by atoms with Crippen molar-refractivity contribution in [3.05, 3.63) is 58.1 Å². The van der Waals surface area contributed by atoms with Crippen molar-refractivity contribution in [3.8, 4) is 0 Å². The Kier molecular flexibility index (Phi) is 6.12. The van der Waals surface area contributed by atoms with Crippen molar-refractivity contribution < 1.29 is 27.5 Å². The lowest BCUT2D eigenvalue weighted by Crippen LogP contribution is -2.47. The number of benzene rings is 2. The molecule has 9 heteroatoms. The van der Waals surface area contributed by atoms with E-state index in [1.54, 1.807) is 13.8 Å². The molecule has 0 radical (unpaired) electrons. The van der Waals surface area contributed by atoms with Crippen LogP contribution >= 0.6 is 0 Å². The maximum Gasteiger partial charge on any atom is 0.337 e. The van der Waals surface area contributed by atoms with Gasteiger partial charge < -0.3 is 4.74 Å². The topological polar surface area (TPSA) is 101 Å². The highest BCUT2D eigenvalue weighted by molar-refractivity contribution is 7.89. The lowest BCUT2D eigenvalue weighted by Gasteiger charge is -2.29. The Balaban J connectivity index is 1.73. The Morgan fingerprint density at radius 3 is 2.06 bits per heavy atom. The van der Waals surface area contributed by atoms with Crippen molar-refractivity contribution >= 4 is 33.5 Å². The van der Waals surface area contributed by atoms with E-state index in [1.165, 1.54) is 35.7 Å².